The van der Waals surface area contributed by atoms with Gasteiger partial charge in [-0.3, -0.25) is 24.4 Å². The number of aryl methyl sites for hydroxylation is 1. The molecule has 4 aromatic rings. The van der Waals surface area contributed by atoms with Crippen LogP contribution in [0, 0.1) is 11.3 Å². The van der Waals surface area contributed by atoms with E-state index in [0.717, 1.165) is 44.5 Å². The molecule has 62 heavy (non-hydrogen) atoms. The average molecular weight is 871 g/mol. The minimum atomic E-state index is -1.05. The summed E-state index contributed by atoms with van der Waals surface area (Å²) >= 11 is 1.42. The number of hydrazine groups is 1. The van der Waals surface area contributed by atoms with E-state index < -0.39 is 41.3 Å². The highest BCUT2D eigenvalue weighted by Gasteiger charge is 2.39. The minimum Gasteiger partial charge on any atom is -0.464 e. The van der Waals surface area contributed by atoms with Gasteiger partial charge in [0, 0.05) is 92.0 Å². The van der Waals surface area contributed by atoms with E-state index in [0.29, 0.717) is 57.1 Å². The molecule has 16 heteroatoms. The molecule has 7 rings (SSSR count). The summed E-state index contributed by atoms with van der Waals surface area (Å²) in [6.07, 6.45) is 5.14. The molecule has 3 aromatic heterocycles. The lowest BCUT2D eigenvalue weighted by atomic mass is 9.84. The number of hydrogen-bond donors (Lipinski definition) is 2. The van der Waals surface area contributed by atoms with E-state index in [4.69, 9.17) is 19.2 Å². The first-order chi connectivity index (χ1) is 29.6. The van der Waals surface area contributed by atoms with Crippen LogP contribution in [0.5, 0.6) is 0 Å². The van der Waals surface area contributed by atoms with Crippen molar-refractivity contribution < 1.29 is 33.4 Å². The van der Waals surface area contributed by atoms with Gasteiger partial charge in [-0.25, -0.2) is 15.2 Å². The maximum atomic E-state index is 14.6. The number of fused-ring (bicyclic) bond motifs is 6. The molecular weight excluding hydrogens is 809 g/mol. The Morgan fingerprint density at radius 3 is 2.68 bits per heavy atom. The van der Waals surface area contributed by atoms with Gasteiger partial charge in [-0.1, -0.05) is 33.8 Å². The number of pyridine rings is 1. The largest absolute Gasteiger partial charge is 0.464 e. The fourth-order valence-corrected chi connectivity index (χ4v) is 9.96. The molecule has 3 aliphatic heterocycles. The average Bonchev–Trinajstić information content (AvgIpc) is 3.85. The Balaban J connectivity index is 1.29. The number of nitrogens with zero attached hydrogens (tertiary/aromatic N) is 6. The first kappa shape index (κ1) is 45.1. The van der Waals surface area contributed by atoms with Gasteiger partial charge in [0.05, 0.1) is 41.8 Å². The number of nitrogens with one attached hydrogen (secondary N) is 2. The number of esters is 1. The molecule has 6 bridgehead atoms. The lowest BCUT2D eigenvalue weighted by Crippen LogP contribution is -2.62. The second-order valence-corrected chi connectivity index (χ2v) is 19.0. The number of amides is 4. The van der Waals surface area contributed by atoms with Crippen LogP contribution < -0.4 is 10.7 Å². The lowest BCUT2D eigenvalue weighted by molar-refractivity contribution is -0.155. The fraction of sp³-hybridized carbons (Fsp3) is 0.565. The van der Waals surface area contributed by atoms with Crippen LogP contribution in [0.25, 0.3) is 33.4 Å². The molecule has 3 aliphatic rings. The molecule has 0 radical (unpaired) electrons. The van der Waals surface area contributed by atoms with Gasteiger partial charge in [0.1, 0.15) is 18.1 Å². The molecule has 0 unspecified atom stereocenters. The molecule has 334 valence electrons. The van der Waals surface area contributed by atoms with Crippen molar-refractivity contribution in [3.05, 3.63) is 58.2 Å². The van der Waals surface area contributed by atoms with Crippen molar-refractivity contribution in [3.8, 4) is 22.5 Å². The number of aromatic nitrogens is 3. The van der Waals surface area contributed by atoms with E-state index >= 15 is 0 Å². The Bertz CT molecular complexity index is 2290. The lowest BCUT2D eigenvalue weighted by Gasteiger charge is -2.38. The molecule has 0 spiro atoms. The number of benzene rings is 1. The van der Waals surface area contributed by atoms with E-state index in [1.54, 1.807) is 25.3 Å². The highest BCUT2D eigenvalue weighted by Crippen LogP contribution is 2.42. The van der Waals surface area contributed by atoms with Gasteiger partial charge >= 0.3 is 12.0 Å². The van der Waals surface area contributed by atoms with E-state index in [9.17, 15) is 19.2 Å². The van der Waals surface area contributed by atoms with Gasteiger partial charge < -0.3 is 33.9 Å². The first-order valence-electron chi connectivity index (χ1n) is 21.9. The summed E-state index contributed by atoms with van der Waals surface area (Å²) in [5, 5.41) is 8.17. The quantitative estimate of drug-likeness (QED) is 0.201. The predicted octanol–water partition coefficient (Wildman–Crippen LogP) is 6.00. The van der Waals surface area contributed by atoms with Crippen molar-refractivity contribution >= 4 is 46.1 Å². The summed E-state index contributed by atoms with van der Waals surface area (Å²) in [5.74, 6) is -1.56. The van der Waals surface area contributed by atoms with Gasteiger partial charge in [0.25, 0.3) is 5.91 Å². The Kier molecular flexibility index (Phi) is 13.7. The maximum absolute atomic E-state index is 14.6. The normalized spacial score (nSPS) is 21.9. The zero-order chi connectivity index (χ0) is 44.5. The van der Waals surface area contributed by atoms with Crippen LogP contribution in [-0.2, 0) is 48.0 Å². The van der Waals surface area contributed by atoms with Crippen molar-refractivity contribution in [2.45, 2.75) is 111 Å². The first-order valence-corrected chi connectivity index (χ1v) is 22.7. The number of likely N-dealkylation sites (N-methyl/N-ethyl adjacent to an activating group) is 1. The molecule has 15 nitrogen and oxygen atoms in total. The van der Waals surface area contributed by atoms with Crippen LogP contribution >= 0.6 is 11.3 Å². The summed E-state index contributed by atoms with van der Waals surface area (Å²) in [7, 11) is 3.34. The Labute approximate surface area is 368 Å². The van der Waals surface area contributed by atoms with Gasteiger partial charge in [-0.05, 0) is 75.3 Å². The molecule has 2 fully saturated rings. The number of cyclic esters (lactones) is 1. The van der Waals surface area contributed by atoms with Crippen molar-refractivity contribution in [3.63, 3.8) is 0 Å². The topological polar surface area (TPSA) is 160 Å². The van der Waals surface area contributed by atoms with E-state index in [1.807, 2.05) is 45.3 Å². The van der Waals surface area contributed by atoms with Crippen LogP contribution in [0.1, 0.15) is 83.5 Å². The Morgan fingerprint density at radius 2 is 1.95 bits per heavy atom. The molecule has 2 N–H and O–H groups in total. The second-order valence-electron chi connectivity index (χ2n) is 18.0. The number of thiazole rings is 1. The number of methoxy groups -OCH3 is 1. The third kappa shape index (κ3) is 9.38. The molecule has 0 aliphatic carbocycles. The molecule has 6 heterocycles. The molecule has 4 amide bonds. The fourth-order valence-electron chi connectivity index (χ4n) is 9.11. The van der Waals surface area contributed by atoms with Crippen LogP contribution in [0.4, 0.5) is 4.79 Å². The van der Waals surface area contributed by atoms with Crippen molar-refractivity contribution in [1.29, 1.82) is 0 Å². The standard InChI is InChI=1S/C46H62N8O7S/c1-10-53-38-14-13-30-20-32(38)33(41(53)34-23-47-16-15-31(34)29(5)59-9)22-46(6,7)26-61-44(57)35-12-11-17-54(50-35)43(56)36(21-39-48-37(30)25-62-39)49-42(55)40(27(2)3)51(8)45(58)52-18-19-60-28(4)24-52/h13-16,20,23,25,27-29,35-36,40,50H,10-12,17-19,21-22,24,26H2,1-9H3,(H,49,55)/t28-,29-,35-,36-,40-/m0/s1. The summed E-state index contributed by atoms with van der Waals surface area (Å²) in [5.41, 5.74) is 9.55. The van der Waals surface area contributed by atoms with Crippen LogP contribution in [0.15, 0.2) is 42.0 Å². The Morgan fingerprint density at radius 1 is 1.16 bits per heavy atom. The maximum Gasteiger partial charge on any atom is 0.324 e. The SMILES string of the molecule is CCn1c(-c2cnccc2[C@H](C)OC)c2c3cc(ccc31)-c1csc(n1)C[C@H](NC(=O)[C@H](C(C)C)N(C)C(=O)N1CCO[C@@H](C)C1)C(=O)N1CCC[C@H](N1)C(=O)OCC(C)(C)C2. The zero-order valence-electron chi connectivity index (χ0n) is 37.5. The molecule has 2 saturated heterocycles. The predicted molar refractivity (Wildman–Crippen MR) is 238 cm³/mol. The summed E-state index contributed by atoms with van der Waals surface area (Å²) in [6, 6.07) is 5.45. The van der Waals surface area contributed by atoms with Crippen molar-refractivity contribution in [2.75, 3.05) is 47.0 Å². The number of rotatable bonds is 8. The van der Waals surface area contributed by atoms with Crippen LogP contribution in [0.2, 0.25) is 0 Å². The molecule has 1 aromatic carbocycles. The second kappa shape index (κ2) is 18.8. The number of ether oxygens (including phenoxy) is 3. The highest BCUT2D eigenvalue weighted by atomic mass is 32.1. The number of carbonyl (C=O) groups excluding carboxylic acids is 4. The molecule has 0 saturated carbocycles. The smallest absolute Gasteiger partial charge is 0.324 e. The highest BCUT2D eigenvalue weighted by molar-refractivity contribution is 7.10. The summed E-state index contributed by atoms with van der Waals surface area (Å²) in [6.45, 7) is 16.5. The summed E-state index contributed by atoms with van der Waals surface area (Å²) < 4.78 is 19.9. The third-order valence-corrected chi connectivity index (χ3v) is 13.2. The van der Waals surface area contributed by atoms with Gasteiger partial charge in [0.15, 0.2) is 0 Å². The molecule has 5 atom stereocenters. The minimum absolute atomic E-state index is 0.103. The van der Waals surface area contributed by atoms with Gasteiger partial charge in [-0.2, -0.15) is 0 Å². The number of morpholine rings is 1. The monoisotopic (exact) mass is 870 g/mol. The Hall–Kier alpha value is -4.90. The third-order valence-electron chi connectivity index (χ3n) is 12.4. The van der Waals surface area contributed by atoms with E-state index in [1.165, 1.54) is 21.2 Å². The number of urea groups is 1. The van der Waals surface area contributed by atoms with Crippen molar-refractivity contribution in [2.24, 2.45) is 11.3 Å². The van der Waals surface area contributed by atoms with Gasteiger partial charge in [0.2, 0.25) is 5.91 Å². The van der Waals surface area contributed by atoms with Gasteiger partial charge in [-0.15, -0.1) is 11.3 Å². The summed E-state index contributed by atoms with van der Waals surface area (Å²) in [4.78, 5) is 69.3. The van der Waals surface area contributed by atoms with Crippen LogP contribution in [0.3, 0.4) is 0 Å². The van der Waals surface area contributed by atoms with Crippen molar-refractivity contribution in [1.82, 2.24) is 40.1 Å². The number of carbonyl (C=O) groups is 4. The zero-order valence-corrected chi connectivity index (χ0v) is 38.3. The number of hydrogen-bond acceptors (Lipinski definition) is 11. The van der Waals surface area contributed by atoms with Crippen LogP contribution in [-0.4, -0.2) is 124 Å². The van der Waals surface area contributed by atoms with E-state index in [2.05, 4.69) is 59.3 Å². The van der Waals surface area contributed by atoms with E-state index in [-0.39, 0.29) is 37.2 Å². The molecular formula is C46H62N8O7S.